The molecule has 114 valence electrons. The zero-order valence-electron chi connectivity index (χ0n) is 11.6. The van der Waals surface area contributed by atoms with Crippen molar-refractivity contribution < 1.29 is 13.2 Å². The molecule has 7 heteroatoms. The van der Waals surface area contributed by atoms with Gasteiger partial charge in [0.25, 0.3) is 0 Å². The van der Waals surface area contributed by atoms with Gasteiger partial charge in [-0.1, -0.05) is 0 Å². The third-order valence-electron chi connectivity index (χ3n) is 2.86. The highest BCUT2D eigenvalue weighted by Crippen LogP contribution is 2.31. The lowest BCUT2D eigenvalue weighted by atomic mass is 10.1. The number of benzene rings is 1. The van der Waals surface area contributed by atoms with Crippen molar-refractivity contribution in [1.29, 1.82) is 0 Å². The minimum atomic E-state index is -3.20. The van der Waals surface area contributed by atoms with Gasteiger partial charge in [0, 0.05) is 27.0 Å². The van der Waals surface area contributed by atoms with Gasteiger partial charge in [-0.2, -0.15) is 0 Å². The standard InChI is InChI=1S/C14H16BrNO3S2/c1-9(16)14(13-7-10(15)8-20-13)19-11-3-5-12(6-4-11)21(2,17)18/h3-9,14H,16H2,1-2H3. The maximum absolute atomic E-state index is 11.4. The Kier molecular flexibility index (Phi) is 5.08. The summed E-state index contributed by atoms with van der Waals surface area (Å²) in [5.41, 5.74) is 6.00. The van der Waals surface area contributed by atoms with Gasteiger partial charge in [-0.3, -0.25) is 0 Å². The zero-order chi connectivity index (χ0) is 15.6. The summed E-state index contributed by atoms with van der Waals surface area (Å²) in [4.78, 5) is 1.29. The predicted octanol–water partition coefficient (Wildman–Crippen LogP) is 3.38. The van der Waals surface area contributed by atoms with Crippen LogP contribution in [0.5, 0.6) is 5.75 Å². The molecule has 2 aromatic rings. The number of ether oxygens (including phenoxy) is 1. The Morgan fingerprint density at radius 3 is 2.33 bits per heavy atom. The van der Waals surface area contributed by atoms with Gasteiger partial charge < -0.3 is 10.5 Å². The number of nitrogens with two attached hydrogens (primary N) is 1. The molecule has 0 fully saturated rings. The van der Waals surface area contributed by atoms with Gasteiger partial charge in [0.05, 0.1) is 4.90 Å². The van der Waals surface area contributed by atoms with E-state index in [1.54, 1.807) is 23.5 Å². The van der Waals surface area contributed by atoms with Crippen LogP contribution in [0.4, 0.5) is 0 Å². The van der Waals surface area contributed by atoms with Crippen molar-refractivity contribution in [1.82, 2.24) is 0 Å². The van der Waals surface area contributed by atoms with Crippen molar-refractivity contribution in [2.24, 2.45) is 5.73 Å². The van der Waals surface area contributed by atoms with Crippen molar-refractivity contribution in [3.8, 4) is 5.75 Å². The lowest BCUT2D eigenvalue weighted by Crippen LogP contribution is -2.28. The molecule has 0 amide bonds. The molecule has 2 rings (SSSR count). The number of sulfone groups is 1. The summed E-state index contributed by atoms with van der Waals surface area (Å²) in [7, 11) is -3.20. The fourth-order valence-electron chi connectivity index (χ4n) is 1.81. The summed E-state index contributed by atoms with van der Waals surface area (Å²) in [5.74, 6) is 0.592. The van der Waals surface area contributed by atoms with Crippen molar-refractivity contribution in [3.05, 3.63) is 45.1 Å². The summed E-state index contributed by atoms with van der Waals surface area (Å²) < 4.78 is 29.8. The first-order chi connectivity index (χ1) is 9.77. The highest BCUT2D eigenvalue weighted by atomic mass is 79.9. The van der Waals surface area contributed by atoms with E-state index < -0.39 is 9.84 Å². The van der Waals surface area contributed by atoms with Crippen LogP contribution in [0.3, 0.4) is 0 Å². The minimum absolute atomic E-state index is 0.190. The molecule has 1 aromatic heterocycles. The lowest BCUT2D eigenvalue weighted by Gasteiger charge is -2.21. The number of hydrogen-bond acceptors (Lipinski definition) is 5. The van der Waals surface area contributed by atoms with Crippen LogP contribution in [-0.2, 0) is 9.84 Å². The quantitative estimate of drug-likeness (QED) is 0.850. The van der Waals surface area contributed by atoms with E-state index in [0.29, 0.717) is 5.75 Å². The van der Waals surface area contributed by atoms with E-state index >= 15 is 0 Å². The van der Waals surface area contributed by atoms with Gasteiger partial charge >= 0.3 is 0 Å². The number of rotatable bonds is 5. The van der Waals surface area contributed by atoms with Crippen molar-refractivity contribution in [2.75, 3.05) is 6.26 Å². The number of halogens is 1. The zero-order valence-corrected chi connectivity index (χ0v) is 14.8. The minimum Gasteiger partial charge on any atom is -0.483 e. The molecule has 0 bridgehead atoms. The summed E-state index contributed by atoms with van der Waals surface area (Å²) in [6.07, 6.45) is 0.905. The number of thiophene rings is 1. The van der Waals surface area contributed by atoms with Crippen LogP contribution in [-0.4, -0.2) is 20.7 Å². The molecule has 0 saturated heterocycles. The smallest absolute Gasteiger partial charge is 0.175 e. The number of hydrogen-bond donors (Lipinski definition) is 1. The first kappa shape index (κ1) is 16.5. The SMILES string of the molecule is CC(N)C(Oc1ccc(S(C)(=O)=O)cc1)c1cc(Br)cs1. The Morgan fingerprint density at radius 2 is 1.90 bits per heavy atom. The Hall–Kier alpha value is -0.890. The van der Waals surface area contributed by atoms with E-state index in [4.69, 9.17) is 10.5 Å². The van der Waals surface area contributed by atoms with Crippen molar-refractivity contribution >= 4 is 37.1 Å². The molecule has 0 aliphatic rings. The van der Waals surface area contributed by atoms with Crippen LogP contribution < -0.4 is 10.5 Å². The van der Waals surface area contributed by atoms with Crippen LogP contribution in [0.2, 0.25) is 0 Å². The molecule has 0 radical (unpaired) electrons. The maximum atomic E-state index is 11.4. The molecule has 21 heavy (non-hydrogen) atoms. The fraction of sp³-hybridized carbons (Fsp3) is 0.286. The van der Waals surface area contributed by atoms with Gasteiger partial charge in [-0.25, -0.2) is 8.42 Å². The topological polar surface area (TPSA) is 69.4 Å². The van der Waals surface area contributed by atoms with E-state index in [0.717, 1.165) is 9.35 Å². The average molecular weight is 390 g/mol. The van der Waals surface area contributed by atoms with Crippen LogP contribution in [0, 0.1) is 0 Å². The van der Waals surface area contributed by atoms with E-state index in [-0.39, 0.29) is 17.0 Å². The summed E-state index contributed by atoms with van der Waals surface area (Å²) >= 11 is 4.98. The molecular formula is C14H16BrNO3S2. The third kappa shape index (κ3) is 4.29. The van der Waals surface area contributed by atoms with Crippen LogP contribution in [0.1, 0.15) is 17.9 Å². The van der Waals surface area contributed by atoms with E-state index in [1.165, 1.54) is 18.4 Å². The molecule has 1 aromatic carbocycles. The molecule has 2 N–H and O–H groups in total. The van der Waals surface area contributed by atoms with E-state index in [9.17, 15) is 8.42 Å². The monoisotopic (exact) mass is 389 g/mol. The second-order valence-electron chi connectivity index (χ2n) is 4.81. The van der Waals surface area contributed by atoms with Crippen LogP contribution in [0.15, 0.2) is 45.1 Å². The Morgan fingerprint density at radius 1 is 1.29 bits per heavy atom. The maximum Gasteiger partial charge on any atom is 0.175 e. The summed E-state index contributed by atoms with van der Waals surface area (Å²) in [6.45, 7) is 1.88. The molecule has 0 aliphatic heterocycles. The molecule has 2 unspecified atom stereocenters. The van der Waals surface area contributed by atoms with E-state index in [2.05, 4.69) is 15.9 Å². The first-order valence-corrected chi connectivity index (χ1v) is 9.80. The van der Waals surface area contributed by atoms with Crippen LogP contribution in [0.25, 0.3) is 0 Å². The Bertz CT molecular complexity index is 708. The van der Waals surface area contributed by atoms with Crippen molar-refractivity contribution in [2.45, 2.75) is 24.0 Å². The summed E-state index contributed by atoms with van der Waals surface area (Å²) in [6, 6.07) is 8.15. The molecule has 0 saturated carbocycles. The predicted molar refractivity (Wildman–Crippen MR) is 88.6 cm³/mol. The lowest BCUT2D eigenvalue weighted by molar-refractivity contribution is 0.184. The highest BCUT2D eigenvalue weighted by Gasteiger charge is 2.20. The highest BCUT2D eigenvalue weighted by molar-refractivity contribution is 9.10. The van der Waals surface area contributed by atoms with Gasteiger partial charge in [-0.05, 0) is 53.2 Å². The average Bonchev–Trinajstić information content (AvgIpc) is 2.81. The molecular weight excluding hydrogens is 374 g/mol. The third-order valence-corrected chi connectivity index (χ3v) is 5.74. The largest absolute Gasteiger partial charge is 0.483 e. The van der Waals surface area contributed by atoms with E-state index in [1.807, 2.05) is 18.4 Å². The molecule has 0 aliphatic carbocycles. The second-order valence-corrected chi connectivity index (χ2v) is 8.68. The van der Waals surface area contributed by atoms with Gasteiger partial charge in [0.2, 0.25) is 0 Å². The normalized spacial score (nSPS) is 14.7. The van der Waals surface area contributed by atoms with Gasteiger partial charge in [0.15, 0.2) is 9.84 Å². The molecule has 0 spiro atoms. The van der Waals surface area contributed by atoms with Gasteiger partial charge in [-0.15, -0.1) is 11.3 Å². The van der Waals surface area contributed by atoms with Crippen LogP contribution >= 0.6 is 27.3 Å². The Balaban J connectivity index is 2.22. The Labute approximate surface area is 137 Å². The summed E-state index contributed by atoms with van der Waals surface area (Å²) in [5, 5.41) is 1.97. The van der Waals surface area contributed by atoms with Gasteiger partial charge in [0.1, 0.15) is 11.9 Å². The second kappa shape index (κ2) is 6.48. The molecule has 4 nitrogen and oxygen atoms in total. The fourth-order valence-corrected chi connectivity index (χ4v) is 4.03. The first-order valence-electron chi connectivity index (χ1n) is 6.23. The molecule has 1 heterocycles. The molecule has 2 atom stereocenters. The van der Waals surface area contributed by atoms with Crippen molar-refractivity contribution in [3.63, 3.8) is 0 Å².